The van der Waals surface area contributed by atoms with Gasteiger partial charge in [-0.05, 0) is 62.6 Å². The van der Waals surface area contributed by atoms with Crippen molar-refractivity contribution in [1.82, 2.24) is 8.87 Å². The maximum Gasteiger partial charge on any atom is 0.266 e. The first kappa shape index (κ1) is 22.8. The second kappa shape index (κ2) is 9.08. The summed E-state index contributed by atoms with van der Waals surface area (Å²) in [4.78, 5) is 12.8. The van der Waals surface area contributed by atoms with Crippen LogP contribution in [0.3, 0.4) is 0 Å². The van der Waals surface area contributed by atoms with Crippen LogP contribution in [-0.4, -0.2) is 36.3 Å². The van der Waals surface area contributed by atoms with Gasteiger partial charge in [-0.1, -0.05) is 19.9 Å². The maximum absolute atomic E-state index is 12.7. The number of anilines is 1. The number of sulfonamides is 1. The molecular weight excluding hydrogens is 412 g/mol. The van der Waals surface area contributed by atoms with E-state index >= 15 is 0 Å². The molecule has 8 heteroatoms. The van der Waals surface area contributed by atoms with E-state index in [0.717, 1.165) is 29.8 Å². The van der Waals surface area contributed by atoms with Gasteiger partial charge in [-0.3, -0.25) is 4.79 Å². The van der Waals surface area contributed by atoms with E-state index in [4.69, 9.17) is 0 Å². The first-order valence-electron chi connectivity index (χ1n) is 10.4. The number of rotatable bonds is 8. The summed E-state index contributed by atoms with van der Waals surface area (Å²) in [6, 6.07) is 10.6. The smallest absolute Gasteiger partial charge is 0.266 e. The van der Waals surface area contributed by atoms with Crippen molar-refractivity contribution in [1.29, 1.82) is 5.26 Å². The van der Waals surface area contributed by atoms with Crippen LogP contribution in [0.2, 0.25) is 0 Å². The molecule has 164 valence electrons. The van der Waals surface area contributed by atoms with E-state index in [1.54, 1.807) is 32.1 Å². The summed E-state index contributed by atoms with van der Waals surface area (Å²) >= 11 is 0. The number of carbonyl (C=O) groups excluding carboxylic acids is 1. The van der Waals surface area contributed by atoms with Gasteiger partial charge in [0.25, 0.3) is 5.91 Å². The van der Waals surface area contributed by atoms with Crippen LogP contribution in [0.1, 0.15) is 49.7 Å². The van der Waals surface area contributed by atoms with Crippen LogP contribution in [0.5, 0.6) is 0 Å². The van der Waals surface area contributed by atoms with Crippen molar-refractivity contribution >= 4 is 27.7 Å². The Bertz CT molecular complexity index is 1160. The summed E-state index contributed by atoms with van der Waals surface area (Å²) in [7, 11) is -3.64. The third-order valence-corrected chi connectivity index (χ3v) is 7.58. The number of hydrogen-bond acceptors (Lipinski definition) is 4. The van der Waals surface area contributed by atoms with Gasteiger partial charge in [-0.2, -0.15) is 9.57 Å². The quantitative estimate of drug-likeness (QED) is 0.495. The molecule has 1 saturated carbocycles. The van der Waals surface area contributed by atoms with E-state index in [-0.39, 0.29) is 10.5 Å². The Labute approximate surface area is 184 Å². The molecule has 3 rings (SSSR count). The number of aromatic nitrogens is 1. The number of amides is 1. The molecule has 1 heterocycles. The van der Waals surface area contributed by atoms with Gasteiger partial charge in [-0.25, -0.2) is 8.42 Å². The van der Waals surface area contributed by atoms with Crippen LogP contribution in [0.4, 0.5) is 5.69 Å². The molecule has 0 unspecified atom stereocenters. The van der Waals surface area contributed by atoms with E-state index in [1.807, 2.05) is 26.0 Å². The Morgan fingerprint density at radius 1 is 1.26 bits per heavy atom. The van der Waals surface area contributed by atoms with Crippen molar-refractivity contribution in [3.05, 3.63) is 52.9 Å². The zero-order valence-electron chi connectivity index (χ0n) is 18.3. The highest BCUT2D eigenvalue weighted by molar-refractivity contribution is 7.89. The third-order valence-electron chi connectivity index (χ3n) is 5.54. The predicted octanol–water partition coefficient (Wildman–Crippen LogP) is 4.02. The van der Waals surface area contributed by atoms with Crippen LogP contribution in [0.15, 0.2) is 40.8 Å². The Kier molecular flexibility index (Phi) is 6.68. The molecule has 0 atom stereocenters. The average Bonchev–Trinajstić information content (AvgIpc) is 3.52. The molecule has 0 bridgehead atoms. The number of carbonyl (C=O) groups is 1. The zero-order chi connectivity index (χ0) is 22.8. The van der Waals surface area contributed by atoms with E-state index in [2.05, 4.69) is 9.88 Å². The Morgan fingerprint density at radius 3 is 2.52 bits per heavy atom. The Balaban J connectivity index is 1.85. The summed E-state index contributed by atoms with van der Waals surface area (Å²) in [5, 5.41) is 12.2. The van der Waals surface area contributed by atoms with Crippen LogP contribution in [0, 0.1) is 25.2 Å². The first-order chi connectivity index (χ1) is 14.7. The van der Waals surface area contributed by atoms with E-state index in [9.17, 15) is 18.5 Å². The molecule has 1 aromatic heterocycles. The first-order valence-corrected chi connectivity index (χ1v) is 11.9. The number of benzene rings is 1. The normalized spacial score (nSPS) is 14.5. The van der Waals surface area contributed by atoms with E-state index in [1.165, 1.54) is 16.4 Å². The highest BCUT2D eigenvalue weighted by atomic mass is 32.2. The van der Waals surface area contributed by atoms with Gasteiger partial charge in [0.1, 0.15) is 11.6 Å². The fourth-order valence-electron chi connectivity index (χ4n) is 3.79. The monoisotopic (exact) mass is 440 g/mol. The van der Waals surface area contributed by atoms with Crippen molar-refractivity contribution in [2.45, 2.75) is 51.5 Å². The number of nitrogens with zero attached hydrogens (tertiary/aromatic N) is 3. The molecule has 1 aliphatic rings. The zero-order valence-corrected chi connectivity index (χ0v) is 19.2. The van der Waals surface area contributed by atoms with E-state index in [0.29, 0.717) is 24.8 Å². The minimum atomic E-state index is -3.64. The topological polar surface area (TPSA) is 95.2 Å². The van der Waals surface area contributed by atoms with Gasteiger partial charge < -0.3 is 9.88 Å². The van der Waals surface area contributed by atoms with Gasteiger partial charge in [0, 0.05) is 36.2 Å². The standard InChI is InChI=1S/C23H28N4O3S/c1-5-26(6-2)31(29,30)22-9-7-8-20(14-22)25-23(28)19(15-24)13-18-12-16(3)27(17(18)4)21-10-11-21/h7-9,12-14,21H,5-6,10-11H2,1-4H3,(H,25,28)/b19-13+. The third kappa shape index (κ3) is 4.73. The molecule has 1 aromatic carbocycles. The van der Waals surface area contributed by atoms with Crippen molar-refractivity contribution < 1.29 is 13.2 Å². The average molecular weight is 441 g/mol. The minimum Gasteiger partial charge on any atom is -0.346 e. The van der Waals surface area contributed by atoms with Crippen molar-refractivity contribution in [2.75, 3.05) is 18.4 Å². The lowest BCUT2D eigenvalue weighted by Gasteiger charge is -2.18. The molecular formula is C23H28N4O3S. The molecule has 1 fully saturated rings. The Morgan fingerprint density at radius 2 is 1.94 bits per heavy atom. The van der Waals surface area contributed by atoms with E-state index < -0.39 is 15.9 Å². The predicted molar refractivity (Wildman–Crippen MR) is 121 cm³/mol. The highest BCUT2D eigenvalue weighted by Crippen LogP contribution is 2.38. The molecule has 0 radical (unpaired) electrons. The molecule has 1 aliphatic carbocycles. The van der Waals surface area contributed by atoms with Crippen LogP contribution < -0.4 is 5.32 Å². The molecule has 7 nitrogen and oxygen atoms in total. The molecule has 0 spiro atoms. The molecule has 0 aliphatic heterocycles. The van der Waals surface area contributed by atoms with Crippen molar-refractivity contribution in [3.8, 4) is 6.07 Å². The summed E-state index contributed by atoms with van der Waals surface area (Å²) in [5.41, 5.74) is 3.27. The van der Waals surface area contributed by atoms with Gasteiger partial charge in [0.15, 0.2) is 0 Å². The lowest BCUT2D eigenvalue weighted by atomic mass is 10.1. The van der Waals surface area contributed by atoms with Crippen molar-refractivity contribution in [2.24, 2.45) is 0 Å². The van der Waals surface area contributed by atoms with Gasteiger partial charge in [0.05, 0.1) is 4.90 Å². The van der Waals surface area contributed by atoms with Gasteiger partial charge in [-0.15, -0.1) is 0 Å². The largest absolute Gasteiger partial charge is 0.346 e. The molecule has 0 saturated heterocycles. The SMILES string of the molecule is CCN(CC)S(=O)(=O)c1cccc(NC(=O)/C(C#N)=C/c2cc(C)n(C3CC3)c2C)c1. The van der Waals surface area contributed by atoms with Gasteiger partial charge >= 0.3 is 0 Å². The number of nitrogens with one attached hydrogen (secondary N) is 1. The highest BCUT2D eigenvalue weighted by Gasteiger charge is 2.27. The second-order valence-electron chi connectivity index (χ2n) is 7.67. The minimum absolute atomic E-state index is 0.0342. The molecule has 1 amide bonds. The number of aryl methyl sites for hydroxylation is 1. The summed E-state index contributed by atoms with van der Waals surface area (Å²) in [5.74, 6) is -0.573. The Hall–Kier alpha value is -2.89. The lowest BCUT2D eigenvalue weighted by molar-refractivity contribution is -0.112. The van der Waals surface area contributed by atoms with Crippen molar-refractivity contribution in [3.63, 3.8) is 0 Å². The second-order valence-corrected chi connectivity index (χ2v) is 9.61. The fraction of sp³-hybridized carbons (Fsp3) is 0.391. The fourth-order valence-corrected chi connectivity index (χ4v) is 5.30. The summed E-state index contributed by atoms with van der Waals surface area (Å²) in [6.45, 7) is 8.28. The number of hydrogen-bond donors (Lipinski definition) is 1. The molecule has 2 aromatic rings. The van der Waals surface area contributed by atoms with Crippen LogP contribution in [0.25, 0.3) is 6.08 Å². The van der Waals surface area contributed by atoms with Crippen LogP contribution in [-0.2, 0) is 14.8 Å². The summed E-state index contributed by atoms with van der Waals surface area (Å²) in [6.07, 6.45) is 3.89. The maximum atomic E-state index is 12.7. The molecule has 31 heavy (non-hydrogen) atoms. The summed E-state index contributed by atoms with van der Waals surface area (Å²) < 4.78 is 29.1. The van der Waals surface area contributed by atoms with Gasteiger partial charge in [0.2, 0.25) is 10.0 Å². The number of nitriles is 1. The van der Waals surface area contributed by atoms with Crippen LogP contribution >= 0.6 is 0 Å². The lowest BCUT2D eigenvalue weighted by Crippen LogP contribution is -2.30. The molecule has 1 N–H and O–H groups in total.